The van der Waals surface area contributed by atoms with Crippen LogP contribution >= 0.6 is 0 Å². The largest absolute Gasteiger partial charge is 0.480 e. The second kappa shape index (κ2) is 5.15. The maximum atomic E-state index is 10.9. The Morgan fingerprint density at radius 1 is 1.57 bits per heavy atom. The van der Waals surface area contributed by atoms with Crippen LogP contribution in [0.2, 0.25) is 0 Å². The van der Waals surface area contributed by atoms with Gasteiger partial charge in [0.15, 0.2) is 0 Å². The molecule has 0 fully saturated rings. The molecule has 0 aromatic rings. The lowest BCUT2D eigenvalue weighted by molar-refractivity contribution is -0.140. The first-order valence-corrected chi connectivity index (χ1v) is 5.26. The molecule has 0 bridgehead atoms. The molecule has 1 aliphatic carbocycles. The van der Waals surface area contributed by atoms with Crippen molar-refractivity contribution >= 4 is 5.97 Å². The molecule has 0 amide bonds. The van der Waals surface area contributed by atoms with Crippen LogP contribution in [0.15, 0.2) is 12.2 Å². The number of hydrogen-bond acceptors (Lipinski definition) is 2. The van der Waals surface area contributed by atoms with Gasteiger partial charge in [-0.25, -0.2) is 0 Å². The molecule has 2 atom stereocenters. The third-order valence-electron chi connectivity index (χ3n) is 2.58. The van der Waals surface area contributed by atoms with Gasteiger partial charge in [0.05, 0.1) is 0 Å². The number of carboxylic acids is 1. The minimum absolute atomic E-state index is 0.128. The van der Waals surface area contributed by atoms with Crippen molar-refractivity contribution in [1.82, 2.24) is 5.32 Å². The third kappa shape index (κ3) is 3.14. The Morgan fingerprint density at radius 3 is 2.71 bits per heavy atom. The second-order valence-corrected chi connectivity index (χ2v) is 4.19. The van der Waals surface area contributed by atoms with E-state index in [0.717, 1.165) is 19.3 Å². The summed E-state index contributed by atoms with van der Waals surface area (Å²) in [4.78, 5) is 10.9. The van der Waals surface area contributed by atoms with Crippen molar-refractivity contribution in [2.75, 3.05) is 0 Å². The molecule has 1 rings (SSSR count). The van der Waals surface area contributed by atoms with Gasteiger partial charge in [-0.05, 0) is 25.2 Å². The topological polar surface area (TPSA) is 49.3 Å². The number of allylic oxidation sites excluding steroid dienone is 1. The monoisotopic (exact) mass is 197 g/mol. The Kier molecular flexibility index (Phi) is 4.14. The summed E-state index contributed by atoms with van der Waals surface area (Å²) in [7, 11) is 0. The second-order valence-electron chi connectivity index (χ2n) is 4.19. The SMILES string of the molecule is CC(C)C(NC1C=CCCC1)C(=O)O. The van der Waals surface area contributed by atoms with Crippen molar-refractivity contribution in [3.8, 4) is 0 Å². The standard InChI is InChI=1S/C11H19NO2/c1-8(2)10(11(13)14)12-9-6-4-3-5-7-9/h4,6,8-10,12H,3,5,7H2,1-2H3,(H,13,14). The normalized spacial score (nSPS) is 23.8. The van der Waals surface area contributed by atoms with E-state index in [1.807, 2.05) is 13.8 Å². The number of rotatable bonds is 4. The van der Waals surface area contributed by atoms with Gasteiger partial charge in [0.1, 0.15) is 6.04 Å². The van der Waals surface area contributed by atoms with E-state index in [4.69, 9.17) is 5.11 Å². The quantitative estimate of drug-likeness (QED) is 0.675. The third-order valence-corrected chi connectivity index (χ3v) is 2.58. The fourth-order valence-corrected chi connectivity index (χ4v) is 1.73. The lowest BCUT2D eigenvalue weighted by atomic mass is 9.98. The summed E-state index contributed by atoms with van der Waals surface area (Å²) in [5.41, 5.74) is 0. The van der Waals surface area contributed by atoms with Gasteiger partial charge in [-0.15, -0.1) is 0 Å². The Labute approximate surface area is 85.2 Å². The average molecular weight is 197 g/mol. The van der Waals surface area contributed by atoms with E-state index < -0.39 is 12.0 Å². The first-order valence-electron chi connectivity index (χ1n) is 5.26. The Morgan fingerprint density at radius 2 is 2.29 bits per heavy atom. The fourth-order valence-electron chi connectivity index (χ4n) is 1.73. The number of nitrogens with one attached hydrogen (secondary N) is 1. The highest BCUT2D eigenvalue weighted by Crippen LogP contribution is 2.12. The summed E-state index contributed by atoms with van der Waals surface area (Å²) in [6, 6.07) is -0.185. The maximum Gasteiger partial charge on any atom is 0.320 e. The number of carbonyl (C=O) groups is 1. The van der Waals surface area contributed by atoms with Crippen LogP contribution in [0, 0.1) is 5.92 Å². The van der Waals surface area contributed by atoms with E-state index in [0.29, 0.717) is 0 Å². The van der Waals surface area contributed by atoms with Crippen LogP contribution in [0.1, 0.15) is 33.1 Å². The van der Waals surface area contributed by atoms with Crippen LogP contribution in [-0.4, -0.2) is 23.2 Å². The molecule has 0 aromatic heterocycles. The summed E-state index contributed by atoms with van der Waals surface area (Å²) >= 11 is 0. The zero-order valence-corrected chi connectivity index (χ0v) is 8.86. The van der Waals surface area contributed by atoms with Gasteiger partial charge in [-0.2, -0.15) is 0 Å². The minimum atomic E-state index is -0.751. The molecule has 80 valence electrons. The van der Waals surface area contributed by atoms with E-state index in [1.54, 1.807) is 0 Å². The van der Waals surface area contributed by atoms with Crippen molar-refractivity contribution < 1.29 is 9.90 Å². The summed E-state index contributed by atoms with van der Waals surface area (Å²) in [6.45, 7) is 3.86. The predicted molar refractivity (Wildman–Crippen MR) is 56.2 cm³/mol. The van der Waals surface area contributed by atoms with Crippen molar-refractivity contribution in [1.29, 1.82) is 0 Å². The highest BCUT2D eigenvalue weighted by molar-refractivity contribution is 5.73. The van der Waals surface area contributed by atoms with Gasteiger partial charge in [0, 0.05) is 6.04 Å². The highest BCUT2D eigenvalue weighted by Gasteiger charge is 2.23. The van der Waals surface area contributed by atoms with Crippen molar-refractivity contribution in [2.45, 2.75) is 45.2 Å². The number of hydrogen-bond donors (Lipinski definition) is 2. The molecule has 3 heteroatoms. The van der Waals surface area contributed by atoms with Crippen molar-refractivity contribution in [3.05, 3.63) is 12.2 Å². The van der Waals surface area contributed by atoms with Gasteiger partial charge < -0.3 is 5.11 Å². The molecular weight excluding hydrogens is 178 g/mol. The van der Waals surface area contributed by atoms with E-state index >= 15 is 0 Å². The van der Waals surface area contributed by atoms with Crippen LogP contribution < -0.4 is 5.32 Å². The zero-order chi connectivity index (χ0) is 10.6. The molecular formula is C11H19NO2. The first-order chi connectivity index (χ1) is 6.61. The molecule has 3 nitrogen and oxygen atoms in total. The molecule has 0 saturated heterocycles. The van der Waals surface area contributed by atoms with E-state index in [1.165, 1.54) is 0 Å². The lowest BCUT2D eigenvalue weighted by Gasteiger charge is -2.25. The smallest absolute Gasteiger partial charge is 0.320 e. The van der Waals surface area contributed by atoms with Gasteiger partial charge in [-0.1, -0.05) is 26.0 Å². The summed E-state index contributed by atoms with van der Waals surface area (Å²) in [5, 5.41) is 12.2. The van der Waals surface area contributed by atoms with Gasteiger partial charge in [0.2, 0.25) is 0 Å². The summed E-state index contributed by atoms with van der Waals surface area (Å²) < 4.78 is 0. The average Bonchev–Trinajstić information content (AvgIpc) is 2.15. The molecule has 0 radical (unpaired) electrons. The van der Waals surface area contributed by atoms with Gasteiger partial charge in [-0.3, -0.25) is 10.1 Å². The summed E-state index contributed by atoms with van der Waals surface area (Å²) in [6.07, 6.45) is 7.53. The van der Waals surface area contributed by atoms with Crippen LogP contribution in [0.25, 0.3) is 0 Å². The van der Waals surface area contributed by atoms with Crippen LogP contribution in [-0.2, 0) is 4.79 Å². The first kappa shape index (κ1) is 11.2. The molecule has 2 N–H and O–H groups in total. The van der Waals surface area contributed by atoms with Gasteiger partial charge in [0.25, 0.3) is 0 Å². The Hall–Kier alpha value is -0.830. The number of carboxylic acid groups (broad SMARTS) is 1. The van der Waals surface area contributed by atoms with Crippen LogP contribution in [0.5, 0.6) is 0 Å². The molecule has 2 unspecified atom stereocenters. The highest BCUT2D eigenvalue weighted by atomic mass is 16.4. The predicted octanol–water partition coefficient (Wildman–Crippen LogP) is 1.79. The fraction of sp³-hybridized carbons (Fsp3) is 0.727. The molecule has 0 heterocycles. The minimum Gasteiger partial charge on any atom is -0.480 e. The van der Waals surface area contributed by atoms with Crippen molar-refractivity contribution in [2.24, 2.45) is 5.92 Å². The molecule has 14 heavy (non-hydrogen) atoms. The van der Waals surface area contributed by atoms with Crippen molar-refractivity contribution in [3.63, 3.8) is 0 Å². The molecule has 0 aliphatic heterocycles. The van der Waals surface area contributed by atoms with E-state index in [-0.39, 0.29) is 12.0 Å². The molecule has 0 saturated carbocycles. The maximum absolute atomic E-state index is 10.9. The van der Waals surface area contributed by atoms with E-state index in [9.17, 15) is 4.79 Å². The number of aliphatic carboxylic acids is 1. The molecule has 1 aliphatic rings. The lowest BCUT2D eigenvalue weighted by Crippen LogP contribution is -2.46. The molecule has 0 spiro atoms. The van der Waals surface area contributed by atoms with E-state index in [2.05, 4.69) is 17.5 Å². The Balaban J connectivity index is 2.50. The van der Waals surface area contributed by atoms with Crippen LogP contribution in [0.3, 0.4) is 0 Å². The zero-order valence-electron chi connectivity index (χ0n) is 8.86. The summed E-state index contributed by atoms with van der Waals surface area (Å²) in [5.74, 6) is -0.623. The van der Waals surface area contributed by atoms with Gasteiger partial charge >= 0.3 is 5.97 Å². The Bertz CT molecular complexity index is 223. The molecule has 0 aromatic carbocycles. The van der Waals surface area contributed by atoms with Crippen LogP contribution in [0.4, 0.5) is 0 Å².